The highest BCUT2D eigenvalue weighted by molar-refractivity contribution is 6.29. The van der Waals surface area contributed by atoms with Gasteiger partial charge >= 0.3 is 5.97 Å². The third-order valence-electron chi connectivity index (χ3n) is 3.33. The number of aromatic carboxylic acids is 1. The van der Waals surface area contributed by atoms with Crippen molar-refractivity contribution in [2.45, 2.75) is 13.0 Å². The van der Waals surface area contributed by atoms with Crippen molar-refractivity contribution < 1.29 is 14.3 Å². The lowest BCUT2D eigenvalue weighted by Crippen LogP contribution is -2.24. The van der Waals surface area contributed by atoms with E-state index < -0.39 is 5.97 Å². The molecular formula is C15H14ClFN2O2. The van der Waals surface area contributed by atoms with E-state index in [9.17, 15) is 9.18 Å². The molecule has 0 fully saturated rings. The molecule has 0 aliphatic rings. The molecule has 21 heavy (non-hydrogen) atoms. The lowest BCUT2D eigenvalue weighted by atomic mass is 10.1. The topological polar surface area (TPSA) is 53.4 Å². The molecule has 2 aromatic rings. The molecule has 1 aromatic heterocycles. The molecule has 0 amide bonds. The van der Waals surface area contributed by atoms with Gasteiger partial charge in [0.1, 0.15) is 16.8 Å². The van der Waals surface area contributed by atoms with Crippen molar-refractivity contribution in [1.82, 2.24) is 4.98 Å². The first-order valence-corrected chi connectivity index (χ1v) is 6.66. The zero-order valence-electron chi connectivity index (χ0n) is 11.5. The molecule has 0 saturated heterocycles. The monoisotopic (exact) mass is 308 g/mol. The molecule has 4 nitrogen and oxygen atoms in total. The number of nitrogens with zero attached hydrogens (tertiary/aromatic N) is 2. The van der Waals surface area contributed by atoms with Gasteiger partial charge in [-0.1, -0.05) is 29.8 Å². The summed E-state index contributed by atoms with van der Waals surface area (Å²) in [6.45, 7) is 1.81. The van der Waals surface area contributed by atoms with Crippen molar-refractivity contribution in [2.75, 3.05) is 11.9 Å². The molecule has 0 aliphatic heterocycles. The van der Waals surface area contributed by atoms with E-state index in [-0.39, 0.29) is 22.6 Å². The molecular weight excluding hydrogens is 295 g/mol. The fourth-order valence-corrected chi connectivity index (χ4v) is 2.21. The van der Waals surface area contributed by atoms with E-state index in [2.05, 4.69) is 4.98 Å². The van der Waals surface area contributed by atoms with Gasteiger partial charge in [-0.2, -0.15) is 0 Å². The number of carboxylic acid groups (broad SMARTS) is 1. The normalized spacial score (nSPS) is 12.0. The van der Waals surface area contributed by atoms with Crippen LogP contribution in [0, 0.1) is 5.82 Å². The third-order valence-corrected chi connectivity index (χ3v) is 3.52. The highest BCUT2D eigenvalue weighted by atomic mass is 35.5. The predicted molar refractivity (Wildman–Crippen MR) is 79.4 cm³/mol. The van der Waals surface area contributed by atoms with E-state index in [4.69, 9.17) is 16.7 Å². The zero-order chi connectivity index (χ0) is 15.6. The molecule has 110 valence electrons. The van der Waals surface area contributed by atoms with Gasteiger partial charge in [0.25, 0.3) is 0 Å². The lowest BCUT2D eigenvalue weighted by molar-refractivity contribution is 0.0696. The standard InChI is InChI=1S/C15H14ClFN2O2/c1-9(11-5-3-4-6-12(11)17)19(2)14-8-10(15(20)21)7-13(16)18-14/h3-9H,1-2H3,(H,20,21). The van der Waals surface area contributed by atoms with E-state index in [1.807, 2.05) is 0 Å². The number of hydrogen-bond acceptors (Lipinski definition) is 3. The number of carboxylic acids is 1. The maximum atomic E-state index is 13.8. The number of hydrogen-bond donors (Lipinski definition) is 1. The minimum absolute atomic E-state index is 0.0394. The average molecular weight is 309 g/mol. The van der Waals surface area contributed by atoms with Crippen LogP contribution >= 0.6 is 11.6 Å². The summed E-state index contributed by atoms with van der Waals surface area (Å²) in [7, 11) is 1.71. The van der Waals surface area contributed by atoms with Gasteiger partial charge in [-0.05, 0) is 25.1 Å². The number of aromatic nitrogens is 1. The van der Waals surface area contributed by atoms with Gasteiger partial charge in [0.2, 0.25) is 0 Å². The Bertz CT molecular complexity index is 678. The number of benzene rings is 1. The van der Waals surface area contributed by atoms with Crippen LogP contribution in [0.2, 0.25) is 5.15 Å². The van der Waals surface area contributed by atoms with Crippen LogP contribution in [0.5, 0.6) is 0 Å². The molecule has 0 radical (unpaired) electrons. The number of rotatable bonds is 4. The van der Waals surface area contributed by atoms with Gasteiger partial charge in [0.05, 0.1) is 11.6 Å². The Kier molecular flexibility index (Phi) is 4.43. The first kappa shape index (κ1) is 15.3. The number of halogens is 2. The van der Waals surface area contributed by atoms with E-state index in [1.165, 1.54) is 18.2 Å². The van der Waals surface area contributed by atoms with Gasteiger partial charge in [-0.15, -0.1) is 0 Å². The maximum Gasteiger partial charge on any atom is 0.335 e. The molecule has 1 aromatic carbocycles. The molecule has 2 rings (SSSR count). The van der Waals surface area contributed by atoms with Crippen LogP contribution in [0.4, 0.5) is 10.2 Å². The van der Waals surface area contributed by atoms with Gasteiger partial charge in [-0.3, -0.25) is 0 Å². The molecule has 1 N–H and O–H groups in total. The quantitative estimate of drug-likeness (QED) is 0.874. The molecule has 1 unspecified atom stereocenters. The average Bonchev–Trinajstić information content (AvgIpc) is 2.45. The zero-order valence-corrected chi connectivity index (χ0v) is 12.3. The minimum Gasteiger partial charge on any atom is -0.478 e. The Morgan fingerprint density at radius 3 is 2.67 bits per heavy atom. The first-order chi connectivity index (χ1) is 9.90. The molecule has 0 aliphatic carbocycles. The summed E-state index contributed by atoms with van der Waals surface area (Å²) in [4.78, 5) is 16.8. The van der Waals surface area contributed by atoms with E-state index in [0.29, 0.717) is 11.4 Å². The molecule has 1 atom stereocenters. The van der Waals surface area contributed by atoms with Crippen LogP contribution in [0.15, 0.2) is 36.4 Å². The van der Waals surface area contributed by atoms with E-state index in [0.717, 1.165) is 0 Å². The summed E-state index contributed by atoms with van der Waals surface area (Å²) in [5.41, 5.74) is 0.538. The lowest BCUT2D eigenvalue weighted by Gasteiger charge is -2.27. The summed E-state index contributed by atoms with van der Waals surface area (Å²) >= 11 is 5.84. The summed E-state index contributed by atoms with van der Waals surface area (Å²) in [6, 6.07) is 8.79. The van der Waals surface area contributed by atoms with Crippen LogP contribution in [-0.4, -0.2) is 23.1 Å². The Morgan fingerprint density at radius 2 is 2.05 bits per heavy atom. The summed E-state index contributed by atoms with van der Waals surface area (Å²) in [6.07, 6.45) is 0. The van der Waals surface area contributed by atoms with Crippen molar-refractivity contribution in [3.8, 4) is 0 Å². The number of anilines is 1. The van der Waals surface area contributed by atoms with Crippen LogP contribution in [0.25, 0.3) is 0 Å². The largest absolute Gasteiger partial charge is 0.478 e. The van der Waals surface area contributed by atoms with Crippen LogP contribution in [0.1, 0.15) is 28.9 Å². The van der Waals surface area contributed by atoms with Gasteiger partial charge in [0.15, 0.2) is 0 Å². The fraction of sp³-hybridized carbons (Fsp3) is 0.200. The molecule has 6 heteroatoms. The van der Waals surface area contributed by atoms with Crippen LogP contribution in [0.3, 0.4) is 0 Å². The fourth-order valence-electron chi connectivity index (χ4n) is 2.01. The van der Waals surface area contributed by atoms with Crippen LogP contribution < -0.4 is 4.90 Å². The second kappa shape index (κ2) is 6.10. The third kappa shape index (κ3) is 3.31. The Labute approximate surface area is 126 Å². The summed E-state index contributed by atoms with van der Waals surface area (Å²) in [5.74, 6) is -1.04. The minimum atomic E-state index is -1.09. The highest BCUT2D eigenvalue weighted by Gasteiger charge is 2.18. The van der Waals surface area contributed by atoms with Crippen molar-refractivity contribution in [1.29, 1.82) is 0 Å². The van der Waals surface area contributed by atoms with Crippen molar-refractivity contribution in [2.24, 2.45) is 0 Å². The van der Waals surface area contributed by atoms with Crippen molar-refractivity contribution >= 4 is 23.4 Å². The van der Waals surface area contributed by atoms with Gasteiger partial charge in [-0.25, -0.2) is 14.2 Å². The Morgan fingerprint density at radius 1 is 1.38 bits per heavy atom. The summed E-state index contributed by atoms with van der Waals surface area (Å²) in [5, 5.41) is 9.13. The van der Waals surface area contributed by atoms with Crippen molar-refractivity contribution in [3.63, 3.8) is 0 Å². The number of pyridine rings is 1. The van der Waals surface area contributed by atoms with Crippen molar-refractivity contribution in [3.05, 3.63) is 58.5 Å². The molecule has 1 heterocycles. The molecule has 0 saturated carbocycles. The number of carbonyl (C=O) groups is 1. The molecule has 0 bridgehead atoms. The second-order valence-corrected chi connectivity index (χ2v) is 5.04. The predicted octanol–water partition coefficient (Wildman–Crippen LogP) is 3.77. The summed E-state index contributed by atoms with van der Waals surface area (Å²) < 4.78 is 13.8. The van der Waals surface area contributed by atoms with Gasteiger partial charge in [0, 0.05) is 12.6 Å². The van der Waals surface area contributed by atoms with E-state index >= 15 is 0 Å². The van der Waals surface area contributed by atoms with E-state index in [1.54, 1.807) is 37.1 Å². The smallest absolute Gasteiger partial charge is 0.335 e. The van der Waals surface area contributed by atoms with Gasteiger partial charge < -0.3 is 10.0 Å². The van der Waals surface area contributed by atoms with Crippen LogP contribution in [-0.2, 0) is 0 Å². The SMILES string of the molecule is CC(c1ccccc1F)N(C)c1cc(C(=O)O)cc(Cl)n1. The highest BCUT2D eigenvalue weighted by Crippen LogP contribution is 2.27. The maximum absolute atomic E-state index is 13.8. The Balaban J connectivity index is 2.38. The first-order valence-electron chi connectivity index (χ1n) is 6.28. The molecule has 0 spiro atoms. The Hall–Kier alpha value is -2.14. The second-order valence-electron chi connectivity index (χ2n) is 4.65.